The Hall–Kier alpha value is -4.11. The molecular weight excluding hydrogens is 1210 g/mol. The topological polar surface area (TPSA) is 108 Å². The second kappa shape index (κ2) is 75.1. The molecule has 0 spiro atoms. The largest absolute Gasteiger partial charge is 0.472 e. The maximum atomic E-state index is 12.9. The first-order valence-corrected chi connectivity index (χ1v) is 41.1. The number of nitrogens with zero attached hydrogens (tertiary/aromatic N) is 1. The lowest BCUT2D eigenvalue weighted by atomic mass is 10.0. The van der Waals surface area contributed by atoms with Crippen LogP contribution in [0.4, 0.5) is 0 Å². The third-order valence-electron chi connectivity index (χ3n) is 16.9. The average molecular weight is 1360 g/mol. The summed E-state index contributed by atoms with van der Waals surface area (Å²) in [4.78, 5) is 35.9. The highest BCUT2D eigenvalue weighted by molar-refractivity contribution is 7.47. The van der Waals surface area contributed by atoms with E-state index in [1.54, 1.807) is 0 Å². The minimum atomic E-state index is -4.42. The molecule has 0 aliphatic carbocycles. The first-order valence-electron chi connectivity index (χ1n) is 39.6. The van der Waals surface area contributed by atoms with E-state index in [-0.39, 0.29) is 32.0 Å². The molecule has 0 amide bonds. The van der Waals surface area contributed by atoms with Gasteiger partial charge in [0.25, 0.3) is 0 Å². The Labute approximate surface area is 593 Å². The number of unbranched alkanes of at least 4 members (excludes halogenated alkanes) is 34. The van der Waals surface area contributed by atoms with E-state index in [1.165, 1.54) is 193 Å². The van der Waals surface area contributed by atoms with E-state index < -0.39 is 26.5 Å². The second-order valence-corrected chi connectivity index (χ2v) is 28.8. The summed E-state index contributed by atoms with van der Waals surface area (Å²) in [5, 5.41) is 0. The van der Waals surface area contributed by atoms with E-state index in [0.717, 1.165) is 109 Å². The number of rotatable bonds is 72. The molecule has 0 aliphatic heterocycles. The van der Waals surface area contributed by atoms with Gasteiger partial charge in [-0.1, -0.05) is 365 Å². The molecule has 2 unspecified atom stereocenters. The molecule has 0 aliphatic rings. The zero-order valence-corrected chi connectivity index (χ0v) is 63.7. The number of esters is 2. The maximum absolute atomic E-state index is 12.9. The molecule has 2 atom stereocenters. The van der Waals surface area contributed by atoms with Crippen LogP contribution in [0.1, 0.15) is 335 Å². The average Bonchev–Trinajstić information content (AvgIpc) is 1.98. The normalized spacial score (nSPS) is 13.9. The number of carbonyl (C=O) groups excluding carboxylic acids is 2. The van der Waals surface area contributed by atoms with Crippen molar-refractivity contribution in [3.05, 3.63) is 146 Å². The zero-order valence-electron chi connectivity index (χ0n) is 62.8. The molecule has 0 fully saturated rings. The highest BCUT2D eigenvalue weighted by Gasteiger charge is 2.27. The van der Waals surface area contributed by atoms with Crippen molar-refractivity contribution in [1.82, 2.24) is 0 Å². The van der Waals surface area contributed by atoms with E-state index in [0.29, 0.717) is 17.4 Å². The number of hydrogen-bond donors (Lipinski definition) is 1. The quantitative estimate of drug-likeness (QED) is 0.0211. The van der Waals surface area contributed by atoms with Gasteiger partial charge in [0.1, 0.15) is 19.8 Å². The summed E-state index contributed by atoms with van der Waals surface area (Å²) in [6.07, 6.45) is 111. The number of quaternary nitrogens is 1. The Balaban J connectivity index is 4.10. The van der Waals surface area contributed by atoms with Crippen LogP contribution in [0.3, 0.4) is 0 Å². The molecule has 0 aromatic carbocycles. The first-order chi connectivity index (χ1) is 47.0. The van der Waals surface area contributed by atoms with Crippen LogP contribution in [0.2, 0.25) is 0 Å². The van der Waals surface area contributed by atoms with E-state index >= 15 is 0 Å². The van der Waals surface area contributed by atoms with Gasteiger partial charge in [-0.2, -0.15) is 0 Å². The number of hydrogen-bond acceptors (Lipinski definition) is 7. The van der Waals surface area contributed by atoms with Crippen molar-refractivity contribution < 1.29 is 42.1 Å². The summed E-state index contributed by atoms with van der Waals surface area (Å²) < 4.78 is 34.7. The molecule has 0 radical (unpaired) electrons. The Morgan fingerprint density at radius 2 is 0.594 bits per heavy atom. The maximum Gasteiger partial charge on any atom is 0.472 e. The fourth-order valence-electron chi connectivity index (χ4n) is 10.9. The standard InChI is InChI=1S/C86H148NO8P/c1-6-8-10-12-14-16-18-20-22-24-26-28-30-32-34-36-38-40-41-42-43-44-45-47-49-51-53-55-57-59-61-63-65-67-69-71-73-75-77-79-86(89)95-84(83-94-96(90,91)93-81-80-87(3,4)5)82-92-85(88)78-76-74-72-70-68-66-64-62-60-58-56-54-52-50-48-46-39-37-35-33-31-29-27-25-23-21-19-17-15-13-11-9-7-2/h8,10,14,16,20,22,26,28,32,34,38,40,42-43,45,47,51,53,57,59,63,65,69,71,84H,6-7,9,11-13,15,17-19,21,23-25,27,29-31,33,35-37,39,41,44,46,48-50,52,54-56,58,60-62,64,66-68,70,72-83H2,1-5H3/p+1/b10-8-,16-14-,22-20-,28-26-,34-32-,40-38-,43-42-,47-45-,53-51-,59-57-,65-63-,71-69-. The van der Waals surface area contributed by atoms with Gasteiger partial charge >= 0.3 is 19.8 Å². The van der Waals surface area contributed by atoms with Crippen molar-refractivity contribution in [2.45, 2.75) is 341 Å². The van der Waals surface area contributed by atoms with Crippen LogP contribution in [0.15, 0.2) is 146 Å². The van der Waals surface area contributed by atoms with Crippen molar-refractivity contribution in [2.75, 3.05) is 47.5 Å². The lowest BCUT2D eigenvalue weighted by Gasteiger charge is -2.24. The minimum Gasteiger partial charge on any atom is -0.462 e. The van der Waals surface area contributed by atoms with Gasteiger partial charge in [-0.05, 0) is 103 Å². The smallest absolute Gasteiger partial charge is 0.462 e. The van der Waals surface area contributed by atoms with Crippen LogP contribution in [-0.4, -0.2) is 74.9 Å². The molecule has 0 rings (SSSR count). The second-order valence-electron chi connectivity index (χ2n) is 27.4. The van der Waals surface area contributed by atoms with E-state index in [9.17, 15) is 19.0 Å². The molecule has 10 heteroatoms. The number of phosphoric acid groups is 1. The van der Waals surface area contributed by atoms with Gasteiger partial charge in [-0.25, -0.2) is 4.57 Å². The summed E-state index contributed by atoms with van der Waals surface area (Å²) in [6.45, 7) is 4.30. The van der Waals surface area contributed by atoms with Crippen LogP contribution in [-0.2, 0) is 32.7 Å². The van der Waals surface area contributed by atoms with Gasteiger partial charge in [0, 0.05) is 12.8 Å². The fraction of sp³-hybridized carbons (Fsp3) is 0.698. The summed E-state index contributed by atoms with van der Waals surface area (Å²) in [6, 6.07) is 0. The number of allylic oxidation sites excluding steroid dienone is 24. The molecule has 9 nitrogen and oxygen atoms in total. The van der Waals surface area contributed by atoms with Gasteiger partial charge in [0.05, 0.1) is 27.7 Å². The molecule has 0 heterocycles. The number of carbonyl (C=O) groups is 2. The summed E-state index contributed by atoms with van der Waals surface area (Å²) in [7, 11) is 1.44. The van der Waals surface area contributed by atoms with Crippen molar-refractivity contribution in [1.29, 1.82) is 0 Å². The molecule has 0 bridgehead atoms. The number of phosphoric ester groups is 1. The van der Waals surface area contributed by atoms with E-state index in [2.05, 4.69) is 160 Å². The van der Waals surface area contributed by atoms with Gasteiger partial charge in [-0.3, -0.25) is 18.6 Å². The van der Waals surface area contributed by atoms with Gasteiger partial charge in [0.2, 0.25) is 0 Å². The Morgan fingerprint density at radius 3 is 0.885 bits per heavy atom. The third-order valence-corrected chi connectivity index (χ3v) is 17.9. The van der Waals surface area contributed by atoms with Crippen LogP contribution in [0.25, 0.3) is 0 Å². The van der Waals surface area contributed by atoms with Crippen molar-refractivity contribution in [3.63, 3.8) is 0 Å². The molecule has 0 saturated heterocycles. The summed E-state index contributed by atoms with van der Waals surface area (Å²) in [5.41, 5.74) is 0. The van der Waals surface area contributed by atoms with Crippen molar-refractivity contribution in [2.24, 2.45) is 0 Å². The molecule has 0 saturated carbocycles. The van der Waals surface area contributed by atoms with Crippen LogP contribution in [0, 0.1) is 0 Å². The molecule has 96 heavy (non-hydrogen) atoms. The van der Waals surface area contributed by atoms with E-state index in [4.69, 9.17) is 18.5 Å². The minimum absolute atomic E-state index is 0.0172. The van der Waals surface area contributed by atoms with Crippen LogP contribution in [0.5, 0.6) is 0 Å². The molecule has 0 aromatic heterocycles. The monoisotopic (exact) mass is 1360 g/mol. The third kappa shape index (κ3) is 78.9. The van der Waals surface area contributed by atoms with Gasteiger partial charge in [-0.15, -0.1) is 0 Å². The lowest BCUT2D eigenvalue weighted by Crippen LogP contribution is -2.37. The fourth-order valence-corrected chi connectivity index (χ4v) is 11.6. The predicted octanol–water partition coefficient (Wildman–Crippen LogP) is 26.5. The van der Waals surface area contributed by atoms with Gasteiger partial charge < -0.3 is 18.9 Å². The Morgan fingerprint density at radius 1 is 0.333 bits per heavy atom. The lowest BCUT2D eigenvalue weighted by molar-refractivity contribution is -0.870. The highest BCUT2D eigenvalue weighted by atomic mass is 31.2. The molecular formula is C86H149NO8P+. The summed E-state index contributed by atoms with van der Waals surface area (Å²) in [5.74, 6) is -0.846. The molecule has 550 valence electrons. The van der Waals surface area contributed by atoms with E-state index in [1.807, 2.05) is 21.1 Å². The Kier molecular flexibility index (Phi) is 71.9. The number of ether oxygens (including phenoxy) is 2. The predicted molar refractivity (Wildman–Crippen MR) is 417 cm³/mol. The van der Waals surface area contributed by atoms with Crippen molar-refractivity contribution >= 4 is 19.8 Å². The summed E-state index contributed by atoms with van der Waals surface area (Å²) >= 11 is 0. The Bertz CT molecular complexity index is 2140. The number of likely N-dealkylation sites (N-methyl/N-ethyl adjacent to an activating group) is 1. The highest BCUT2D eigenvalue weighted by Crippen LogP contribution is 2.43. The van der Waals surface area contributed by atoms with Gasteiger partial charge in [0.15, 0.2) is 6.10 Å². The zero-order chi connectivity index (χ0) is 69.7. The SMILES string of the molecule is CC/C=C\C/C=C\C/C=C\C/C=C\C/C=C\C/C=C\C/C=C\C/C=C\C/C=C\C/C=C\C/C=C\C/C=C\CCCCC(=O)OC(COC(=O)CCCCCCCCCCCCCCCCCCCCCCCCCCCCCCCCCCC)COP(=O)(O)OCC[N+](C)(C)C. The molecule has 1 N–H and O–H groups in total. The molecule has 0 aromatic rings. The van der Waals surface area contributed by atoms with Crippen LogP contribution >= 0.6 is 7.82 Å². The van der Waals surface area contributed by atoms with Crippen LogP contribution < -0.4 is 0 Å². The van der Waals surface area contributed by atoms with Crippen molar-refractivity contribution in [3.8, 4) is 0 Å². The first kappa shape index (κ1) is 91.9.